The van der Waals surface area contributed by atoms with Crippen molar-refractivity contribution in [1.82, 2.24) is 0 Å². The molecule has 2 aromatic carbocycles. The highest BCUT2D eigenvalue weighted by Crippen LogP contribution is 2.34. The molecule has 0 fully saturated rings. The topological polar surface area (TPSA) is 26.3 Å². The summed E-state index contributed by atoms with van der Waals surface area (Å²) < 4.78 is 5.12. The first-order valence-electron chi connectivity index (χ1n) is 5.17. The lowest BCUT2D eigenvalue weighted by molar-refractivity contribution is -0.131. The zero-order valence-electron chi connectivity index (χ0n) is 8.86. The second-order valence-corrected chi connectivity index (χ2v) is 3.88. The zero-order valence-corrected chi connectivity index (χ0v) is 8.86. The van der Waals surface area contributed by atoms with Crippen LogP contribution in [0.4, 0.5) is 0 Å². The van der Waals surface area contributed by atoms with E-state index in [0.29, 0.717) is 5.75 Å². The van der Waals surface area contributed by atoms with E-state index in [1.165, 1.54) is 17.9 Å². The molecule has 0 aliphatic heterocycles. The Kier molecular flexibility index (Phi) is 1.83. The molecule has 16 heavy (non-hydrogen) atoms. The first-order valence-corrected chi connectivity index (χ1v) is 5.17. The van der Waals surface area contributed by atoms with Gasteiger partial charge in [0.05, 0.1) is 0 Å². The molecule has 0 heterocycles. The van der Waals surface area contributed by atoms with E-state index in [-0.39, 0.29) is 5.97 Å². The third-order valence-electron chi connectivity index (χ3n) is 2.72. The minimum absolute atomic E-state index is 0.287. The van der Waals surface area contributed by atoms with Crippen LogP contribution in [0.1, 0.15) is 18.1 Å². The zero-order chi connectivity index (χ0) is 11.1. The lowest BCUT2D eigenvalue weighted by Crippen LogP contribution is -2.01. The number of hydrogen-bond donors (Lipinski definition) is 0. The van der Waals surface area contributed by atoms with Gasteiger partial charge in [0.1, 0.15) is 5.75 Å². The predicted molar refractivity (Wildman–Crippen MR) is 64.2 cm³/mol. The monoisotopic (exact) mass is 210 g/mol. The molecule has 0 N–H and O–H groups in total. The number of rotatable bonds is 1. The molecule has 0 saturated carbocycles. The Morgan fingerprint density at radius 3 is 2.75 bits per heavy atom. The number of hydrogen-bond acceptors (Lipinski definition) is 2. The van der Waals surface area contributed by atoms with Gasteiger partial charge in [-0.3, -0.25) is 4.79 Å². The van der Waals surface area contributed by atoms with Gasteiger partial charge in [-0.2, -0.15) is 0 Å². The van der Waals surface area contributed by atoms with Crippen molar-refractivity contribution in [3.05, 3.63) is 41.5 Å². The van der Waals surface area contributed by atoms with Gasteiger partial charge in [-0.25, -0.2) is 0 Å². The fraction of sp³-hybridized carbons (Fsp3) is 0.0714. The molecular weight excluding hydrogens is 200 g/mol. The summed E-state index contributed by atoms with van der Waals surface area (Å²) >= 11 is 0. The summed E-state index contributed by atoms with van der Waals surface area (Å²) in [5, 5.41) is 2.34. The van der Waals surface area contributed by atoms with E-state index in [4.69, 9.17) is 4.74 Å². The largest absolute Gasteiger partial charge is 0.427 e. The van der Waals surface area contributed by atoms with E-state index in [9.17, 15) is 4.79 Å². The van der Waals surface area contributed by atoms with Gasteiger partial charge in [-0.1, -0.05) is 30.4 Å². The molecule has 1 aliphatic carbocycles. The molecule has 2 nitrogen and oxygen atoms in total. The lowest BCUT2D eigenvalue weighted by Gasteiger charge is -2.06. The first-order chi connectivity index (χ1) is 7.74. The van der Waals surface area contributed by atoms with E-state index in [0.717, 1.165) is 10.9 Å². The van der Waals surface area contributed by atoms with Crippen LogP contribution in [0, 0.1) is 0 Å². The third kappa shape index (κ3) is 1.31. The van der Waals surface area contributed by atoms with Crippen LogP contribution in [0.5, 0.6) is 5.75 Å². The molecule has 2 aromatic rings. The van der Waals surface area contributed by atoms with Crippen LogP contribution in [-0.2, 0) is 4.79 Å². The maximum absolute atomic E-state index is 10.9. The molecular formula is C14H10O2. The number of ether oxygens (including phenoxy) is 1. The van der Waals surface area contributed by atoms with E-state index in [1.54, 1.807) is 0 Å². The number of carbonyl (C=O) groups excluding carboxylic acids is 1. The Morgan fingerprint density at radius 2 is 1.94 bits per heavy atom. The molecule has 0 aromatic heterocycles. The molecule has 0 radical (unpaired) electrons. The summed E-state index contributed by atoms with van der Waals surface area (Å²) in [7, 11) is 0. The molecule has 0 spiro atoms. The molecule has 1 aliphatic rings. The van der Waals surface area contributed by atoms with Gasteiger partial charge >= 0.3 is 5.97 Å². The molecule has 0 unspecified atom stereocenters. The summed E-state index contributed by atoms with van der Waals surface area (Å²) in [5.74, 6) is 0.323. The number of benzene rings is 2. The lowest BCUT2D eigenvalue weighted by atomic mass is 10.0. The van der Waals surface area contributed by atoms with Crippen LogP contribution in [-0.4, -0.2) is 5.97 Å². The molecule has 0 atom stereocenters. The Bertz CT molecular complexity index is 624. The average molecular weight is 210 g/mol. The molecule has 0 amide bonds. The highest BCUT2D eigenvalue weighted by Gasteiger charge is 2.11. The van der Waals surface area contributed by atoms with Crippen LogP contribution < -0.4 is 4.74 Å². The first kappa shape index (κ1) is 9.16. The van der Waals surface area contributed by atoms with Gasteiger partial charge in [0, 0.05) is 6.92 Å². The molecule has 78 valence electrons. The standard InChI is InChI=1S/C14H10O2/c1-9(15)16-13-7-11-4-2-3-10-5-6-12(8-13)14(10)11/h2-8H,1H3. The normalized spacial score (nSPS) is 12.1. The van der Waals surface area contributed by atoms with Gasteiger partial charge in [-0.05, 0) is 34.0 Å². The van der Waals surface area contributed by atoms with E-state index in [1.807, 2.05) is 30.3 Å². The average Bonchev–Trinajstić information content (AvgIpc) is 2.62. The highest BCUT2D eigenvalue weighted by atomic mass is 16.5. The van der Waals surface area contributed by atoms with Crippen molar-refractivity contribution in [3.8, 4) is 5.75 Å². The fourth-order valence-electron chi connectivity index (χ4n) is 2.14. The quantitative estimate of drug-likeness (QED) is 0.455. The second kappa shape index (κ2) is 3.20. The number of esters is 1. The summed E-state index contributed by atoms with van der Waals surface area (Å²) in [5.41, 5.74) is 2.34. The Labute approximate surface area is 93.2 Å². The molecule has 2 heteroatoms. The van der Waals surface area contributed by atoms with Gasteiger partial charge in [-0.15, -0.1) is 0 Å². The predicted octanol–water partition coefficient (Wildman–Crippen LogP) is 3.25. The summed E-state index contributed by atoms with van der Waals surface area (Å²) in [6.45, 7) is 1.41. The Morgan fingerprint density at radius 1 is 1.12 bits per heavy atom. The molecule has 0 saturated heterocycles. The van der Waals surface area contributed by atoms with Crippen LogP contribution in [0.3, 0.4) is 0 Å². The highest BCUT2D eigenvalue weighted by molar-refractivity contribution is 6.05. The van der Waals surface area contributed by atoms with Crippen LogP contribution in [0.2, 0.25) is 0 Å². The van der Waals surface area contributed by atoms with E-state index in [2.05, 4.69) is 12.1 Å². The molecule has 3 rings (SSSR count). The summed E-state index contributed by atoms with van der Waals surface area (Å²) in [6, 6.07) is 9.92. The van der Waals surface area contributed by atoms with Crippen molar-refractivity contribution >= 4 is 28.9 Å². The molecule has 0 bridgehead atoms. The maximum Gasteiger partial charge on any atom is 0.308 e. The van der Waals surface area contributed by atoms with Crippen LogP contribution >= 0.6 is 0 Å². The number of carbonyl (C=O) groups is 1. The third-order valence-corrected chi connectivity index (χ3v) is 2.72. The van der Waals surface area contributed by atoms with Crippen LogP contribution in [0.25, 0.3) is 22.9 Å². The summed E-state index contributed by atoms with van der Waals surface area (Å²) in [6.07, 6.45) is 4.12. The van der Waals surface area contributed by atoms with Crippen LogP contribution in [0.15, 0.2) is 30.3 Å². The minimum atomic E-state index is -0.287. The maximum atomic E-state index is 10.9. The van der Waals surface area contributed by atoms with Crippen molar-refractivity contribution in [2.75, 3.05) is 0 Å². The van der Waals surface area contributed by atoms with Gasteiger partial charge in [0.15, 0.2) is 0 Å². The van der Waals surface area contributed by atoms with Crippen molar-refractivity contribution in [2.45, 2.75) is 6.92 Å². The van der Waals surface area contributed by atoms with Crippen molar-refractivity contribution in [3.63, 3.8) is 0 Å². The second-order valence-electron chi connectivity index (χ2n) is 3.88. The van der Waals surface area contributed by atoms with Crippen molar-refractivity contribution in [1.29, 1.82) is 0 Å². The fourth-order valence-corrected chi connectivity index (χ4v) is 2.14. The van der Waals surface area contributed by atoms with Crippen molar-refractivity contribution < 1.29 is 9.53 Å². The SMILES string of the molecule is CC(=O)Oc1cc2c3c(cccc3c1)C=C2. The van der Waals surface area contributed by atoms with Gasteiger partial charge < -0.3 is 4.74 Å². The van der Waals surface area contributed by atoms with E-state index >= 15 is 0 Å². The summed E-state index contributed by atoms with van der Waals surface area (Å²) in [4.78, 5) is 10.9. The van der Waals surface area contributed by atoms with Crippen molar-refractivity contribution in [2.24, 2.45) is 0 Å². The van der Waals surface area contributed by atoms with Gasteiger partial charge in [0.25, 0.3) is 0 Å². The van der Waals surface area contributed by atoms with E-state index < -0.39 is 0 Å². The smallest absolute Gasteiger partial charge is 0.308 e. The Balaban J connectivity index is 2.25. The van der Waals surface area contributed by atoms with Gasteiger partial charge in [0.2, 0.25) is 0 Å². The Hall–Kier alpha value is -2.09. The minimum Gasteiger partial charge on any atom is -0.427 e.